The first-order valence-corrected chi connectivity index (χ1v) is 7.01. The van der Waals surface area contributed by atoms with E-state index in [1.54, 1.807) is 20.8 Å². The molecule has 0 aromatic carbocycles. The minimum Gasteiger partial charge on any atom is -0.598 e. The van der Waals surface area contributed by atoms with Crippen molar-refractivity contribution < 1.29 is 22.8 Å². The molecule has 1 aromatic heterocycles. The molecule has 2 N–H and O–H groups in total. The summed E-state index contributed by atoms with van der Waals surface area (Å²) in [5.41, 5.74) is -0.192. The Labute approximate surface area is 118 Å². The highest BCUT2D eigenvalue weighted by molar-refractivity contribution is 7.90. The van der Waals surface area contributed by atoms with E-state index in [9.17, 15) is 17.7 Å². The second-order valence-electron chi connectivity index (χ2n) is 5.25. The van der Waals surface area contributed by atoms with Gasteiger partial charge in [-0.05, 0) is 32.9 Å². The monoisotopic (exact) mass is 310 g/mol. The van der Waals surface area contributed by atoms with Gasteiger partial charge < -0.3 is 9.66 Å². The van der Waals surface area contributed by atoms with Crippen LogP contribution in [0.3, 0.4) is 0 Å². The summed E-state index contributed by atoms with van der Waals surface area (Å²) >= 11 is -1.80. The summed E-state index contributed by atoms with van der Waals surface area (Å²) in [6, 6.07) is 0.272. The number of alkyl halides is 2. The molecule has 0 amide bonds. The number of nitrogens with zero attached hydrogens (tertiary/aromatic N) is 1. The van der Waals surface area contributed by atoms with Crippen molar-refractivity contribution in [2.45, 2.75) is 37.5 Å². The topological polar surface area (TPSA) is 68.2 Å². The van der Waals surface area contributed by atoms with Crippen LogP contribution in [0.5, 0.6) is 0 Å². The minimum atomic E-state index is -3.58. The predicted molar refractivity (Wildman–Crippen MR) is 70.0 cm³/mol. The molecule has 0 aliphatic carbocycles. The van der Waals surface area contributed by atoms with E-state index in [0.29, 0.717) is 0 Å². The first-order chi connectivity index (χ1) is 9.08. The number of halogens is 3. The third-order valence-corrected chi connectivity index (χ3v) is 4.02. The largest absolute Gasteiger partial charge is 0.598 e. The van der Waals surface area contributed by atoms with Crippen LogP contribution in [-0.2, 0) is 11.4 Å². The van der Waals surface area contributed by atoms with Gasteiger partial charge in [-0.1, -0.05) is 0 Å². The van der Waals surface area contributed by atoms with Crippen LogP contribution in [0, 0.1) is 5.82 Å². The number of rotatable bonds is 5. The first-order valence-electron chi connectivity index (χ1n) is 5.86. The first kappa shape index (κ1) is 17.2. The van der Waals surface area contributed by atoms with Crippen LogP contribution in [0.25, 0.3) is 0 Å². The van der Waals surface area contributed by atoms with E-state index in [1.807, 2.05) is 0 Å². The molecule has 4 nitrogen and oxygen atoms in total. The maximum Gasteiger partial charge on any atom is 0.295 e. The number of hydrogen-bond donors (Lipinski definition) is 2. The van der Waals surface area contributed by atoms with Gasteiger partial charge in [-0.3, -0.25) is 4.98 Å². The summed E-state index contributed by atoms with van der Waals surface area (Å²) in [4.78, 5) is 3.56. The fourth-order valence-corrected chi connectivity index (χ4v) is 2.16. The van der Waals surface area contributed by atoms with Gasteiger partial charge >= 0.3 is 0 Å². The van der Waals surface area contributed by atoms with E-state index in [-0.39, 0.29) is 5.69 Å². The Morgan fingerprint density at radius 1 is 1.40 bits per heavy atom. The Morgan fingerprint density at radius 3 is 2.40 bits per heavy atom. The van der Waals surface area contributed by atoms with Crippen LogP contribution >= 0.6 is 0 Å². The minimum absolute atomic E-state index is 0.192. The number of nitrogens with one attached hydrogen (secondary N) is 1. The number of pyridine rings is 1. The molecular weight excluding hydrogens is 293 g/mol. The van der Waals surface area contributed by atoms with E-state index in [4.69, 9.17) is 5.11 Å². The molecule has 2 unspecified atom stereocenters. The van der Waals surface area contributed by atoms with E-state index >= 15 is 0 Å². The molecule has 8 heteroatoms. The Morgan fingerprint density at radius 2 is 2.00 bits per heavy atom. The van der Waals surface area contributed by atoms with Gasteiger partial charge in [0.05, 0.1) is 11.9 Å². The molecule has 0 bridgehead atoms. The summed E-state index contributed by atoms with van der Waals surface area (Å²) < 4.78 is 53.8. The Balaban J connectivity index is 3.07. The van der Waals surface area contributed by atoms with E-state index < -0.39 is 40.5 Å². The third-order valence-electron chi connectivity index (χ3n) is 2.46. The highest BCUT2D eigenvalue weighted by Crippen LogP contribution is 2.32. The number of aliphatic hydroxyl groups is 1. The lowest BCUT2D eigenvalue weighted by molar-refractivity contribution is -0.0764. The van der Waals surface area contributed by atoms with Crippen molar-refractivity contribution >= 4 is 11.4 Å². The maximum absolute atomic E-state index is 13.8. The zero-order valence-corrected chi connectivity index (χ0v) is 12.2. The van der Waals surface area contributed by atoms with Crippen molar-refractivity contribution in [3.63, 3.8) is 0 Å². The molecule has 0 radical (unpaired) electrons. The summed E-state index contributed by atoms with van der Waals surface area (Å²) in [6.07, 6.45) is 0.789. The van der Waals surface area contributed by atoms with Crippen molar-refractivity contribution in [2.24, 2.45) is 0 Å². The molecule has 1 rings (SSSR count). The van der Waals surface area contributed by atoms with E-state index in [0.717, 1.165) is 18.3 Å². The molecule has 0 fully saturated rings. The summed E-state index contributed by atoms with van der Waals surface area (Å²) in [5, 5.41) is 8.81. The normalized spacial score (nSPS) is 16.0. The van der Waals surface area contributed by atoms with Crippen LogP contribution in [0.2, 0.25) is 0 Å². The van der Waals surface area contributed by atoms with Gasteiger partial charge in [0, 0.05) is 11.4 Å². The van der Waals surface area contributed by atoms with Gasteiger partial charge in [-0.25, -0.2) is 13.2 Å². The van der Waals surface area contributed by atoms with Crippen molar-refractivity contribution in [3.05, 3.63) is 29.8 Å². The predicted octanol–water partition coefficient (Wildman–Crippen LogP) is 1.94. The lowest BCUT2D eigenvalue weighted by Gasteiger charge is -2.30. The maximum atomic E-state index is 13.8. The molecule has 0 aliphatic heterocycles. The van der Waals surface area contributed by atoms with Crippen molar-refractivity contribution in [1.29, 1.82) is 0 Å². The highest BCUT2D eigenvalue weighted by atomic mass is 32.2. The fraction of sp³-hybridized carbons (Fsp3) is 0.583. The van der Waals surface area contributed by atoms with E-state index in [2.05, 4.69) is 9.71 Å². The van der Waals surface area contributed by atoms with Crippen molar-refractivity contribution in [1.82, 2.24) is 9.71 Å². The van der Waals surface area contributed by atoms with Gasteiger partial charge in [-0.15, -0.1) is 4.72 Å². The molecule has 1 aromatic rings. The van der Waals surface area contributed by atoms with Crippen LogP contribution < -0.4 is 4.72 Å². The summed E-state index contributed by atoms with van der Waals surface area (Å²) in [6.45, 7) is 3.40. The Kier molecular flexibility index (Phi) is 5.42. The second kappa shape index (κ2) is 6.30. The lowest BCUT2D eigenvalue weighted by atomic mass is 10.1. The highest BCUT2D eigenvalue weighted by Gasteiger charge is 2.45. The van der Waals surface area contributed by atoms with E-state index in [1.165, 1.54) is 0 Å². The number of hydrogen-bond acceptors (Lipinski definition) is 4. The average molecular weight is 310 g/mol. The van der Waals surface area contributed by atoms with Gasteiger partial charge in [0.25, 0.3) is 5.92 Å². The quantitative estimate of drug-likeness (QED) is 0.816. The zero-order valence-electron chi connectivity index (χ0n) is 11.4. The average Bonchev–Trinajstić information content (AvgIpc) is 2.35. The molecule has 0 spiro atoms. The Hall–Kier alpha value is -0.830. The standard InChI is InChI=1S/C12H17F3N2O2S/c1-11(2,3)20(19)17-10(12(14,15)7-18)9-5-4-8(13)6-16-9/h4-6,10,17-18H,7H2,1-3H3. The molecule has 2 atom stereocenters. The summed E-state index contributed by atoms with van der Waals surface area (Å²) in [7, 11) is 0. The van der Waals surface area contributed by atoms with Crippen LogP contribution in [0.15, 0.2) is 18.3 Å². The fourth-order valence-electron chi connectivity index (χ4n) is 1.30. The number of aliphatic hydroxyl groups excluding tert-OH is 1. The molecule has 0 saturated carbocycles. The molecule has 20 heavy (non-hydrogen) atoms. The SMILES string of the molecule is CC(C)(C)[S+]([O-])NC(c1ccc(F)cn1)C(F)(F)CO. The Bertz CT molecular complexity index is 437. The molecule has 0 aliphatic rings. The van der Waals surface area contributed by atoms with Crippen molar-refractivity contribution in [2.75, 3.05) is 6.61 Å². The van der Waals surface area contributed by atoms with Gasteiger partial charge in [0.2, 0.25) is 0 Å². The smallest absolute Gasteiger partial charge is 0.295 e. The van der Waals surface area contributed by atoms with Crippen LogP contribution in [0.1, 0.15) is 32.5 Å². The van der Waals surface area contributed by atoms with Gasteiger partial charge in [0.1, 0.15) is 17.2 Å². The zero-order chi connectivity index (χ0) is 15.6. The third kappa shape index (κ3) is 4.34. The molecule has 1 heterocycles. The second-order valence-corrected chi connectivity index (χ2v) is 7.25. The van der Waals surface area contributed by atoms with Gasteiger partial charge in [-0.2, -0.15) is 0 Å². The summed E-state index contributed by atoms with van der Waals surface area (Å²) in [5.74, 6) is -4.25. The van der Waals surface area contributed by atoms with Crippen LogP contribution in [-0.4, -0.2) is 31.9 Å². The molecular formula is C12H17F3N2O2S. The van der Waals surface area contributed by atoms with Gasteiger partial charge in [0.15, 0.2) is 6.04 Å². The van der Waals surface area contributed by atoms with Crippen LogP contribution in [0.4, 0.5) is 13.2 Å². The number of aromatic nitrogens is 1. The lowest BCUT2D eigenvalue weighted by Crippen LogP contribution is -2.48. The molecule has 0 saturated heterocycles. The molecule has 114 valence electrons. The van der Waals surface area contributed by atoms with Crippen molar-refractivity contribution in [3.8, 4) is 0 Å².